The second kappa shape index (κ2) is 11.9. The van der Waals surface area contributed by atoms with Crippen LogP contribution >= 0.6 is 24.0 Å². The van der Waals surface area contributed by atoms with Gasteiger partial charge in [0, 0.05) is 13.1 Å². The third-order valence-corrected chi connectivity index (χ3v) is 4.92. The first-order valence-corrected chi connectivity index (χ1v) is 9.86. The van der Waals surface area contributed by atoms with Crippen LogP contribution in [0.4, 0.5) is 0 Å². The lowest BCUT2D eigenvalue weighted by Gasteiger charge is -2.26. The zero-order valence-corrected chi connectivity index (χ0v) is 19.4. The van der Waals surface area contributed by atoms with Gasteiger partial charge in [-0.25, -0.2) is 4.99 Å². The first kappa shape index (κ1) is 23.3. The van der Waals surface area contributed by atoms with Crippen molar-refractivity contribution in [2.24, 2.45) is 4.99 Å². The van der Waals surface area contributed by atoms with Gasteiger partial charge >= 0.3 is 0 Å². The number of rotatable bonds is 8. The summed E-state index contributed by atoms with van der Waals surface area (Å²) < 4.78 is 10.8. The van der Waals surface area contributed by atoms with Crippen molar-refractivity contribution in [2.75, 3.05) is 33.3 Å². The van der Waals surface area contributed by atoms with Crippen LogP contribution in [0.1, 0.15) is 37.1 Å². The Bertz CT molecular complexity index is 761. The minimum Gasteiger partial charge on any atom is -0.504 e. The number of furan rings is 1. The summed E-state index contributed by atoms with van der Waals surface area (Å²) in [6.07, 6.45) is 4.19. The van der Waals surface area contributed by atoms with E-state index >= 15 is 0 Å². The normalized spacial score (nSPS) is 15.6. The predicted molar refractivity (Wildman–Crippen MR) is 125 cm³/mol. The number of likely N-dealkylation sites (tertiary alicyclic amines) is 1. The topological polar surface area (TPSA) is 82.3 Å². The van der Waals surface area contributed by atoms with Gasteiger partial charge < -0.3 is 24.9 Å². The number of ether oxygens (including phenoxy) is 1. The lowest BCUT2D eigenvalue weighted by molar-refractivity contribution is 0.215. The van der Waals surface area contributed by atoms with E-state index in [4.69, 9.17) is 9.15 Å². The molecule has 1 fully saturated rings. The van der Waals surface area contributed by atoms with Gasteiger partial charge in [0.15, 0.2) is 17.5 Å². The van der Waals surface area contributed by atoms with Crippen molar-refractivity contribution >= 4 is 29.9 Å². The highest BCUT2D eigenvalue weighted by Crippen LogP contribution is 2.27. The van der Waals surface area contributed by atoms with Crippen LogP contribution in [-0.4, -0.2) is 49.3 Å². The van der Waals surface area contributed by atoms with Gasteiger partial charge in [0.25, 0.3) is 0 Å². The Kier molecular flexibility index (Phi) is 9.59. The maximum Gasteiger partial charge on any atom is 0.191 e. The molecule has 1 aliphatic rings. The molecular weight excluding hydrogens is 483 g/mol. The number of hydrogen-bond donors (Lipinski definition) is 3. The molecule has 0 saturated carbocycles. The van der Waals surface area contributed by atoms with Crippen LogP contribution in [0, 0.1) is 0 Å². The summed E-state index contributed by atoms with van der Waals surface area (Å²) in [5.74, 6) is 2.31. The van der Waals surface area contributed by atoms with E-state index in [2.05, 4.69) is 20.5 Å². The van der Waals surface area contributed by atoms with Crippen molar-refractivity contribution in [3.63, 3.8) is 0 Å². The fourth-order valence-corrected chi connectivity index (χ4v) is 3.48. The SMILES string of the molecule is CCNC(=NCc1ccc(OC)c(O)c1)NCC(c1ccco1)N1CCCC1.I. The van der Waals surface area contributed by atoms with E-state index in [0.29, 0.717) is 18.8 Å². The summed E-state index contributed by atoms with van der Waals surface area (Å²) in [7, 11) is 1.54. The molecule has 1 atom stereocenters. The Balaban J connectivity index is 0.00000300. The molecule has 0 spiro atoms. The highest BCUT2D eigenvalue weighted by molar-refractivity contribution is 14.0. The van der Waals surface area contributed by atoms with E-state index in [1.54, 1.807) is 18.4 Å². The average molecular weight is 514 g/mol. The van der Waals surface area contributed by atoms with Gasteiger partial charge in [0.1, 0.15) is 5.76 Å². The van der Waals surface area contributed by atoms with E-state index in [0.717, 1.165) is 36.9 Å². The Labute approximate surface area is 189 Å². The average Bonchev–Trinajstić information content (AvgIpc) is 3.41. The Morgan fingerprint density at radius 3 is 2.69 bits per heavy atom. The predicted octanol–water partition coefficient (Wildman–Crippen LogP) is 3.50. The van der Waals surface area contributed by atoms with Crippen LogP contribution < -0.4 is 15.4 Å². The molecule has 7 nitrogen and oxygen atoms in total. The van der Waals surface area contributed by atoms with Crippen molar-refractivity contribution in [1.82, 2.24) is 15.5 Å². The zero-order valence-electron chi connectivity index (χ0n) is 17.1. The largest absolute Gasteiger partial charge is 0.504 e. The van der Waals surface area contributed by atoms with Crippen molar-refractivity contribution in [3.05, 3.63) is 47.9 Å². The standard InChI is InChI=1S/C21H30N4O3.HI/c1-3-22-21(23-14-16-8-9-20(27-2)18(26)13-16)24-15-17(19-7-6-12-28-19)25-10-4-5-11-25;/h6-9,12-13,17,26H,3-5,10-11,14-15H2,1-2H3,(H2,22,23,24);1H. The number of nitrogens with one attached hydrogen (secondary N) is 2. The molecule has 0 radical (unpaired) electrons. The molecule has 1 unspecified atom stereocenters. The monoisotopic (exact) mass is 514 g/mol. The smallest absolute Gasteiger partial charge is 0.191 e. The van der Waals surface area contributed by atoms with E-state index < -0.39 is 0 Å². The van der Waals surface area contributed by atoms with Gasteiger partial charge in [-0.1, -0.05) is 6.07 Å². The first-order valence-electron chi connectivity index (χ1n) is 9.86. The van der Waals surface area contributed by atoms with Crippen LogP contribution in [0.2, 0.25) is 0 Å². The molecule has 160 valence electrons. The second-order valence-electron chi connectivity index (χ2n) is 6.86. The number of halogens is 1. The summed E-state index contributed by atoms with van der Waals surface area (Å²) in [5, 5.41) is 16.7. The highest BCUT2D eigenvalue weighted by atomic mass is 127. The summed E-state index contributed by atoms with van der Waals surface area (Å²) in [4.78, 5) is 7.11. The van der Waals surface area contributed by atoms with E-state index in [-0.39, 0.29) is 35.8 Å². The summed E-state index contributed by atoms with van der Waals surface area (Å²) in [5.41, 5.74) is 0.914. The number of benzene rings is 1. The molecule has 1 aromatic heterocycles. The fraction of sp³-hybridized carbons (Fsp3) is 0.476. The maximum atomic E-state index is 9.94. The number of methoxy groups -OCH3 is 1. The van der Waals surface area contributed by atoms with Gasteiger partial charge in [0.05, 0.1) is 26.0 Å². The second-order valence-corrected chi connectivity index (χ2v) is 6.86. The summed E-state index contributed by atoms with van der Waals surface area (Å²) >= 11 is 0. The van der Waals surface area contributed by atoms with Gasteiger partial charge in [-0.2, -0.15) is 0 Å². The fourth-order valence-electron chi connectivity index (χ4n) is 3.48. The molecule has 3 N–H and O–H groups in total. The van der Waals surface area contributed by atoms with Crippen LogP contribution in [-0.2, 0) is 6.54 Å². The summed E-state index contributed by atoms with van der Waals surface area (Å²) in [6.45, 7) is 6.17. The van der Waals surface area contributed by atoms with Crippen molar-refractivity contribution < 1.29 is 14.3 Å². The zero-order chi connectivity index (χ0) is 19.8. The molecule has 0 aliphatic carbocycles. The molecule has 1 aliphatic heterocycles. The number of phenolic OH excluding ortho intramolecular Hbond substituents is 1. The number of nitrogens with zero attached hydrogens (tertiary/aromatic N) is 2. The van der Waals surface area contributed by atoms with Crippen molar-refractivity contribution in [1.29, 1.82) is 0 Å². The first-order chi connectivity index (χ1) is 13.7. The highest BCUT2D eigenvalue weighted by Gasteiger charge is 2.25. The third-order valence-electron chi connectivity index (χ3n) is 4.92. The van der Waals surface area contributed by atoms with E-state index in [9.17, 15) is 5.11 Å². The number of hydrogen-bond acceptors (Lipinski definition) is 5. The Morgan fingerprint density at radius 1 is 1.28 bits per heavy atom. The number of phenols is 1. The van der Waals surface area contributed by atoms with Gasteiger partial charge in [-0.15, -0.1) is 24.0 Å². The lowest BCUT2D eigenvalue weighted by atomic mass is 10.2. The third kappa shape index (κ3) is 6.53. The number of aromatic hydroxyl groups is 1. The van der Waals surface area contributed by atoms with Crippen molar-refractivity contribution in [3.8, 4) is 11.5 Å². The van der Waals surface area contributed by atoms with E-state index in [1.807, 2.05) is 25.1 Å². The number of guanidine groups is 1. The van der Waals surface area contributed by atoms with Gasteiger partial charge in [-0.3, -0.25) is 4.90 Å². The van der Waals surface area contributed by atoms with Gasteiger partial charge in [-0.05, 0) is 62.7 Å². The Morgan fingerprint density at radius 2 is 2.07 bits per heavy atom. The lowest BCUT2D eigenvalue weighted by Crippen LogP contribution is -2.42. The van der Waals surface area contributed by atoms with Crippen molar-refractivity contribution in [2.45, 2.75) is 32.4 Å². The number of aliphatic imine (C=N–C) groups is 1. The van der Waals surface area contributed by atoms with Gasteiger partial charge in [0.2, 0.25) is 0 Å². The van der Waals surface area contributed by atoms with Crippen LogP contribution in [0.3, 0.4) is 0 Å². The molecule has 1 saturated heterocycles. The minimum atomic E-state index is 0. The van der Waals surface area contributed by atoms with E-state index in [1.165, 1.54) is 20.0 Å². The molecule has 1 aromatic carbocycles. The molecule has 29 heavy (non-hydrogen) atoms. The minimum absolute atomic E-state index is 0. The quantitative estimate of drug-likeness (QED) is 0.284. The molecule has 3 rings (SSSR count). The van der Waals surface area contributed by atoms with Crippen LogP contribution in [0.25, 0.3) is 0 Å². The molecular formula is C21H31IN4O3. The molecule has 0 bridgehead atoms. The van der Waals surface area contributed by atoms with Crippen LogP contribution in [0.15, 0.2) is 46.0 Å². The maximum absolute atomic E-state index is 9.94. The Hall–Kier alpha value is -1.94. The molecule has 0 amide bonds. The summed E-state index contributed by atoms with van der Waals surface area (Å²) in [6, 6.07) is 9.50. The molecule has 2 aromatic rings. The molecule has 8 heteroatoms. The van der Waals surface area contributed by atoms with Crippen LogP contribution in [0.5, 0.6) is 11.5 Å². The molecule has 2 heterocycles.